The maximum absolute atomic E-state index is 11.6. The maximum atomic E-state index is 11.6. The van der Waals surface area contributed by atoms with Crippen LogP contribution >= 0.6 is 11.6 Å². The summed E-state index contributed by atoms with van der Waals surface area (Å²) in [5, 5.41) is 0.214. The summed E-state index contributed by atoms with van der Waals surface area (Å²) in [7, 11) is 3.82. The molecule has 0 saturated carbocycles. The third-order valence-corrected chi connectivity index (χ3v) is 3.34. The van der Waals surface area contributed by atoms with Gasteiger partial charge in [-0.2, -0.15) is 0 Å². The smallest absolute Gasteiger partial charge is 0.357 e. The van der Waals surface area contributed by atoms with Crippen LogP contribution in [0.25, 0.3) is 0 Å². The topological polar surface area (TPSA) is 33.5 Å². The number of fused-ring (bicyclic) bond motifs is 1. The number of anilines is 1. The standard InChI is InChI=1S/C12H16ClNO2/c1-14(2)11-8-6-4-3-5-7-9(8)16-12(15)10(11)13/h3-7H2,1-2H3. The van der Waals surface area contributed by atoms with Crippen LogP contribution in [0.2, 0.25) is 5.02 Å². The first kappa shape index (κ1) is 11.5. The van der Waals surface area contributed by atoms with Crippen molar-refractivity contribution in [3.05, 3.63) is 26.8 Å². The van der Waals surface area contributed by atoms with E-state index in [0.717, 1.165) is 42.7 Å². The zero-order valence-electron chi connectivity index (χ0n) is 9.68. The first-order chi connectivity index (χ1) is 7.61. The summed E-state index contributed by atoms with van der Waals surface area (Å²) >= 11 is 6.03. The van der Waals surface area contributed by atoms with Crippen molar-refractivity contribution in [3.63, 3.8) is 0 Å². The van der Waals surface area contributed by atoms with Crippen LogP contribution in [0.4, 0.5) is 5.69 Å². The molecule has 0 amide bonds. The van der Waals surface area contributed by atoms with Gasteiger partial charge in [-0.1, -0.05) is 18.0 Å². The largest absolute Gasteiger partial charge is 0.426 e. The second-order valence-corrected chi connectivity index (χ2v) is 4.79. The second kappa shape index (κ2) is 4.50. The molecule has 1 aliphatic rings. The highest BCUT2D eigenvalue weighted by Gasteiger charge is 2.21. The summed E-state index contributed by atoms with van der Waals surface area (Å²) in [5.41, 5.74) is 1.55. The van der Waals surface area contributed by atoms with Gasteiger partial charge in [-0.05, 0) is 19.3 Å². The van der Waals surface area contributed by atoms with E-state index in [1.165, 1.54) is 6.42 Å². The van der Waals surface area contributed by atoms with Crippen LogP contribution < -0.4 is 10.5 Å². The van der Waals surface area contributed by atoms with Crippen LogP contribution in [0.3, 0.4) is 0 Å². The average molecular weight is 242 g/mol. The molecular formula is C12H16ClNO2. The monoisotopic (exact) mass is 241 g/mol. The molecule has 4 heteroatoms. The summed E-state index contributed by atoms with van der Waals surface area (Å²) in [4.78, 5) is 13.5. The summed E-state index contributed by atoms with van der Waals surface area (Å²) < 4.78 is 5.29. The number of hydrogen-bond donors (Lipinski definition) is 0. The van der Waals surface area contributed by atoms with Gasteiger partial charge in [0.15, 0.2) is 0 Å². The highest BCUT2D eigenvalue weighted by atomic mass is 35.5. The molecule has 1 aromatic rings. The van der Waals surface area contributed by atoms with Gasteiger partial charge < -0.3 is 9.32 Å². The van der Waals surface area contributed by atoms with Gasteiger partial charge in [0.2, 0.25) is 0 Å². The van der Waals surface area contributed by atoms with E-state index in [4.69, 9.17) is 16.0 Å². The fourth-order valence-corrected chi connectivity index (χ4v) is 2.59. The van der Waals surface area contributed by atoms with Crippen molar-refractivity contribution in [3.8, 4) is 0 Å². The molecule has 0 aliphatic heterocycles. The Morgan fingerprint density at radius 1 is 1.19 bits per heavy atom. The fourth-order valence-electron chi connectivity index (χ4n) is 2.27. The van der Waals surface area contributed by atoms with Crippen molar-refractivity contribution in [2.24, 2.45) is 0 Å². The van der Waals surface area contributed by atoms with Gasteiger partial charge >= 0.3 is 5.63 Å². The van der Waals surface area contributed by atoms with Gasteiger partial charge in [-0.3, -0.25) is 0 Å². The van der Waals surface area contributed by atoms with E-state index >= 15 is 0 Å². The third kappa shape index (κ3) is 1.96. The number of aryl methyl sites for hydroxylation is 1. The number of hydrogen-bond acceptors (Lipinski definition) is 3. The zero-order chi connectivity index (χ0) is 11.7. The molecule has 16 heavy (non-hydrogen) atoms. The Labute approximate surface area is 100 Å². The molecule has 88 valence electrons. The van der Waals surface area contributed by atoms with Crippen molar-refractivity contribution in [2.45, 2.75) is 32.1 Å². The van der Waals surface area contributed by atoms with Crippen molar-refractivity contribution in [2.75, 3.05) is 19.0 Å². The van der Waals surface area contributed by atoms with Gasteiger partial charge in [-0.15, -0.1) is 0 Å². The minimum Gasteiger partial charge on any atom is -0.426 e. The van der Waals surface area contributed by atoms with Gasteiger partial charge in [0, 0.05) is 26.1 Å². The van der Waals surface area contributed by atoms with Gasteiger partial charge in [0.25, 0.3) is 0 Å². The quantitative estimate of drug-likeness (QED) is 0.709. The molecule has 0 radical (unpaired) electrons. The molecule has 0 atom stereocenters. The van der Waals surface area contributed by atoms with E-state index in [1.54, 1.807) is 0 Å². The molecule has 1 aromatic heterocycles. The average Bonchev–Trinajstić information content (AvgIpc) is 2.44. The first-order valence-corrected chi connectivity index (χ1v) is 6.00. The molecule has 0 saturated heterocycles. The first-order valence-electron chi connectivity index (χ1n) is 5.63. The Balaban J connectivity index is 2.65. The highest BCUT2D eigenvalue weighted by molar-refractivity contribution is 6.33. The van der Waals surface area contributed by atoms with Gasteiger partial charge in [0.1, 0.15) is 10.8 Å². The Morgan fingerprint density at radius 3 is 2.56 bits per heavy atom. The van der Waals surface area contributed by atoms with E-state index in [-0.39, 0.29) is 5.02 Å². The van der Waals surface area contributed by atoms with E-state index in [9.17, 15) is 4.79 Å². The Kier molecular flexibility index (Phi) is 3.24. The maximum Gasteiger partial charge on any atom is 0.357 e. The van der Waals surface area contributed by atoms with Crippen LogP contribution in [0.15, 0.2) is 9.21 Å². The third-order valence-electron chi connectivity index (χ3n) is 3.00. The van der Waals surface area contributed by atoms with Crippen LogP contribution in [0, 0.1) is 0 Å². The molecule has 0 bridgehead atoms. The Hall–Kier alpha value is -0.960. The molecule has 0 N–H and O–H groups in total. The van der Waals surface area contributed by atoms with E-state index in [1.807, 2.05) is 19.0 Å². The number of nitrogens with zero attached hydrogens (tertiary/aromatic N) is 1. The lowest BCUT2D eigenvalue weighted by molar-refractivity contribution is 0.452. The summed E-state index contributed by atoms with van der Waals surface area (Å²) in [6.45, 7) is 0. The Morgan fingerprint density at radius 2 is 1.88 bits per heavy atom. The highest BCUT2D eigenvalue weighted by Crippen LogP contribution is 2.32. The second-order valence-electron chi connectivity index (χ2n) is 4.41. The molecule has 3 nitrogen and oxygen atoms in total. The number of rotatable bonds is 1. The molecule has 0 spiro atoms. The predicted octanol–water partition coefficient (Wildman–Crippen LogP) is 2.63. The minimum absolute atomic E-state index is 0.214. The molecule has 0 fully saturated rings. The van der Waals surface area contributed by atoms with Gasteiger partial charge in [-0.25, -0.2) is 4.79 Å². The zero-order valence-corrected chi connectivity index (χ0v) is 10.4. The Bertz CT molecular complexity index is 451. The molecular weight excluding hydrogens is 226 g/mol. The number of halogens is 1. The molecule has 1 heterocycles. The molecule has 0 aromatic carbocycles. The van der Waals surface area contributed by atoms with Crippen LogP contribution in [-0.4, -0.2) is 14.1 Å². The van der Waals surface area contributed by atoms with Crippen LogP contribution in [0.1, 0.15) is 30.6 Å². The lowest BCUT2D eigenvalue weighted by Gasteiger charge is -2.19. The molecule has 1 aliphatic carbocycles. The van der Waals surface area contributed by atoms with E-state index < -0.39 is 5.63 Å². The summed E-state index contributed by atoms with van der Waals surface area (Å²) in [6.07, 6.45) is 5.21. The van der Waals surface area contributed by atoms with Crippen molar-refractivity contribution in [1.29, 1.82) is 0 Å². The van der Waals surface area contributed by atoms with Crippen LogP contribution in [0.5, 0.6) is 0 Å². The van der Waals surface area contributed by atoms with Crippen LogP contribution in [-0.2, 0) is 12.8 Å². The van der Waals surface area contributed by atoms with Crippen molar-refractivity contribution < 1.29 is 4.42 Å². The fraction of sp³-hybridized carbons (Fsp3) is 0.583. The molecule has 0 unspecified atom stereocenters. The van der Waals surface area contributed by atoms with E-state index in [2.05, 4.69) is 0 Å². The SMILES string of the molecule is CN(C)c1c2c(oc(=O)c1Cl)CCCCC2. The normalized spacial score (nSPS) is 15.4. The lowest BCUT2D eigenvalue weighted by atomic mass is 10.1. The molecule has 2 rings (SSSR count). The van der Waals surface area contributed by atoms with Crippen molar-refractivity contribution in [1.82, 2.24) is 0 Å². The lowest BCUT2D eigenvalue weighted by Crippen LogP contribution is -2.18. The summed E-state index contributed by atoms with van der Waals surface area (Å²) in [5.74, 6) is 0.829. The van der Waals surface area contributed by atoms with E-state index in [0.29, 0.717) is 0 Å². The van der Waals surface area contributed by atoms with Gasteiger partial charge in [0.05, 0.1) is 5.69 Å². The minimum atomic E-state index is -0.411. The summed E-state index contributed by atoms with van der Waals surface area (Å²) in [6, 6.07) is 0. The predicted molar refractivity (Wildman–Crippen MR) is 65.6 cm³/mol. The van der Waals surface area contributed by atoms with Crippen molar-refractivity contribution >= 4 is 17.3 Å².